The molecule has 0 unspecified atom stereocenters. The number of fused-ring (bicyclic) bond motifs is 3. The molecule has 0 spiro atoms. The van der Waals surface area contributed by atoms with E-state index in [1.54, 1.807) is 0 Å². The summed E-state index contributed by atoms with van der Waals surface area (Å²) in [5, 5.41) is 7.07. The van der Waals surface area contributed by atoms with Crippen LogP contribution < -0.4 is 0 Å². The molecule has 2 aromatic heterocycles. The van der Waals surface area contributed by atoms with Gasteiger partial charge in [0, 0.05) is 21.0 Å². The van der Waals surface area contributed by atoms with Gasteiger partial charge in [-0.1, -0.05) is 88.7 Å². The summed E-state index contributed by atoms with van der Waals surface area (Å²) in [6, 6.07) is 29.5. The molecule has 0 aliphatic rings. The van der Waals surface area contributed by atoms with Crippen LogP contribution in [-0.2, 0) is 0 Å². The number of nitrogens with zero attached hydrogens (tertiary/aromatic N) is 2. The van der Waals surface area contributed by atoms with Gasteiger partial charge in [0.05, 0.1) is 17.4 Å². The second-order valence-corrected chi connectivity index (χ2v) is 7.10. The molecule has 0 saturated heterocycles. The first-order valence-corrected chi connectivity index (χ1v) is 9.32. The van der Waals surface area contributed by atoms with Crippen LogP contribution >= 0.6 is 15.9 Å². The van der Waals surface area contributed by atoms with Gasteiger partial charge < -0.3 is 0 Å². The Bertz CT molecular complexity index is 1230. The van der Waals surface area contributed by atoms with Gasteiger partial charge in [0.25, 0.3) is 0 Å². The van der Waals surface area contributed by atoms with Gasteiger partial charge in [0.15, 0.2) is 0 Å². The summed E-state index contributed by atoms with van der Waals surface area (Å²) in [6.07, 6.45) is 1.87. The van der Waals surface area contributed by atoms with E-state index in [1.807, 2.05) is 12.3 Å². The standard InChI is InChI=1S/C23H15BrN2/c24-19-13-7-12-18-21(16-8-3-1-4-9-16)23(17-10-5-2-6-11-17)26-20(22(18)19)14-15-25-26/h1-15H. The van der Waals surface area contributed by atoms with Crippen molar-refractivity contribution in [3.63, 3.8) is 0 Å². The maximum absolute atomic E-state index is 4.67. The zero-order chi connectivity index (χ0) is 17.5. The second kappa shape index (κ2) is 6.11. The Hall–Kier alpha value is -2.91. The van der Waals surface area contributed by atoms with E-state index in [4.69, 9.17) is 0 Å². The Morgan fingerprint density at radius 1 is 0.692 bits per heavy atom. The number of halogens is 1. The smallest absolute Gasteiger partial charge is 0.0809 e. The molecule has 0 fully saturated rings. The molecule has 0 aliphatic heterocycles. The predicted octanol–water partition coefficient (Wildman–Crippen LogP) is 6.58. The van der Waals surface area contributed by atoms with Gasteiger partial charge in [-0.2, -0.15) is 5.10 Å². The van der Waals surface area contributed by atoms with Crippen LogP contribution in [0.3, 0.4) is 0 Å². The van der Waals surface area contributed by atoms with E-state index in [-0.39, 0.29) is 0 Å². The van der Waals surface area contributed by atoms with Gasteiger partial charge in [0.2, 0.25) is 0 Å². The molecule has 5 rings (SSSR count). The molecule has 124 valence electrons. The van der Waals surface area contributed by atoms with Crippen molar-refractivity contribution in [2.75, 3.05) is 0 Å². The molecule has 3 aromatic carbocycles. The molecule has 0 N–H and O–H groups in total. The molecule has 0 atom stereocenters. The lowest BCUT2D eigenvalue weighted by molar-refractivity contribution is 0.976. The Morgan fingerprint density at radius 3 is 2.12 bits per heavy atom. The van der Waals surface area contributed by atoms with E-state index in [0.29, 0.717) is 0 Å². The molecule has 2 heterocycles. The molecular weight excluding hydrogens is 384 g/mol. The van der Waals surface area contributed by atoms with Gasteiger partial charge in [-0.3, -0.25) is 0 Å². The van der Waals surface area contributed by atoms with Crippen molar-refractivity contribution < 1.29 is 0 Å². The summed E-state index contributed by atoms with van der Waals surface area (Å²) in [6.45, 7) is 0. The topological polar surface area (TPSA) is 17.3 Å². The first-order chi connectivity index (χ1) is 12.8. The van der Waals surface area contributed by atoms with E-state index in [0.717, 1.165) is 21.2 Å². The molecule has 3 heteroatoms. The number of benzene rings is 3. The van der Waals surface area contributed by atoms with Gasteiger partial charge in [-0.15, -0.1) is 0 Å². The van der Waals surface area contributed by atoms with Crippen LogP contribution in [0.1, 0.15) is 0 Å². The zero-order valence-corrected chi connectivity index (χ0v) is 15.5. The van der Waals surface area contributed by atoms with Crippen molar-refractivity contribution in [3.05, 3.63) is 95.6 Å². The summed E-state index contributed by atoms with van der Waals surface area (Å²) in [5.74, 6) is 0. The van der Waals surface area contributed by atoms with E-state index in [9.17, 15) is 0 Å². The van der Waals surface area contributed by atoms with Crippen molar-refractivity contribution in [2.45, 2.75) is 0 Å². The summed E-state index contributed by atoms with van der Waals surface area (Å²) in [4.78, 5) is 0. The van der Waals surface area contributed by atoms with Crippen LogP contribution in [0.15, 0.2) is 95.6 Å². The molecule has 0 amide bonds. The van der Waals surface area contributed by atoms with Crippen LogP contribution in [0.5, 0.6) is 0 Å². The highest BCUT2D eigenvalue weighted by Gasteiger charge is 2.19. The third kappa shape index (κ3) is 2.28. The lowest BCUT2D eigenvalue weighted by Crippen LogP contribution is -1.99. The van der Waals surface area contributed by atoms with Gasteiger partial charge in [-0.05, 0) is 23.1 Å². The number of aromatic nitrogens is 2. The van der Waals surface area contributed by atoms with E-state index >= 15 is 0 Å². The van der Waals surface area contributed by atoms with Crippen molar-refractivity contribution in [3.8, 4) is 22.4 Å². The number of rotatable bonds is 2. The average molecular weight is 399 g/mol. The second-order valence-electron chi connectivity index (χ2n) is 6.25. The normalized spacial score (nSPS) is 11.3. The summed E-state index contributed by atoms with van der Waals surface area (Å²) in [5.41, 5.74) is 5.76. The fourth-order valence-corrected chi connectivity index (χ4v) is 4.23. The first kappa shape index (κ1) is 15.4. The minimum absolute atomic E-state index is 1.08. The fraction of sp³-hybridized carbons (Fsp3) is 0. The van der Waals surface area contributed by atoms with Crippen LogP contribution in [0.25, 0.3) is 38.7 Å². The monoisotopic (exact) mass is 398 g/mol. The minimum Gasteiger partial charge on any atom is -0.232 e. The molecule has 0 saturated carbocycles. The SMILES string of the molecule is Brc1cccc2c(-c3ccccc3)c(-c3ccccc3)n3nccc3c12. The van der Waals surface area contributed by atoms with Crippen LogP contribution in [0.4, 0.5) is 0 Å². The van der Waals surface area contributed by atoms with Crippen LogP contribution in [0.2, 0.25) is 0 Å². The maximum Gasteiger partial charge on any atom is 0.0809 e. The third-order valence-electron chi connectivity index (χ3n) is 4.74. The quantitative estimate of drug-likeness (QED) is 0.328. The van der Waals surface area contributed by atoms with Crippen LogP contribution in [0, 0.1) is 0 Å². The zero-order valence-electron chi connectivity index (χ0n) is 13.9. The molecule has 0 bridgehead atoms. The summed E-state index contributed by atoms with van der Waals surface area (Å²) < 4.78 is 3.14. The number of pyridine rings is 1. The summed E-state index contributed by atoms with van der Waals surface area (Å²) >= 11 is 3.75. The Morgan fingerprint density at radius 2 is 1.38 bits per heavy atom. The largest absolute Gasteiger partial charge is 0.232 e. The van der Waals surface area contributed by atoms with Crippen molar-refractivity contribution in [1.29, 1.82) is 0 Å². The molecule has 26 heavy (non-hydrogen) atoms. The van der Waals surface area contributed by atoms with E-state index < -0.39 is 0 Å². The van der Waals surface area contributed by atoms with Gasteiger partial charge in [-0.25, -0.2) is 4.52 Å². The highest BCUT2D eigenvalue weighted by molar-refractivity contribution is 9.10. The van der Waals surface area contributed by atoms with E-state index in [1.165, 1.54) is 21.9 Å². The molecular formula is C23H15BrN2. The Labute approximate surface area is 159 Å². The highest BCUT2D eigenvalue weighted by Crippen LogP contribution is 2.41. The minimum atomic E-state index is 1.08. The highest BCUT2D eigenvalue weighted by atomic mass is 79.9. The molecule has 0 radical (unpaired) electrons. The lowest BCUT2D eigenvalue weighted by Gasteiger charge is -2.17. The maximum atomic E-state index is 4.67. The third-order valence-corrected chi connectivity index (χ3v) is 5.40. The van der Waals surface area contributed by atoms with Gasteiger partial charge in [0.1, 0.15) is 0 Å². The summed E-state index contributed by atoms with van der Waals surface area (Å²) in [7, 11) is 0. The van der Waals surface area contributed by atoms with Crippen molar-refractivity contribution in [2.24, 2.45) is 0 Å². The van der Waals surface area contributed by atoms with Gasteiger partial charge >= 0.3 is 0 Å². The number of hydrogen-bond donors (Lipinski definition) is 0. The first-order valence-electron chi connectivity index (χ1n) is 8.53. The Kier molecular flexibility index (Phi) is 3.61. The predicted molar refractivity (Wildman–Crippen MR) is 111 cm³/mol. The molecule has 2 nitrogen and oxygen atoms in total. The molecule has 0 aliphatic carbocycles. The van der Waals surface area contributed by atoms with E-state index in [2.05, 4.69) is 104 Å². The van der Waals surface area contributed by atoms with Crippen LogP contribution in [-0.4, -0.2) is 9.61 Å². The lowest BCUT2D eigenvalue weighted by atomic mass is 9.93. The number of hydrogen-bond acceptors (Lipinski definition) is 1. The fourth-order valence-electron chi connectivity index (χ4n) is 3.66. The Balaban J connectivity index is 2.06. The van der Waals surface area contributed by atoms with Crippen molar-refractivity contribution in [1.82, 2.24) is 9.61 Å². The molecule has 5 aromatic rings. The average Bonchev–Trinajstić information content (AvgIpc) is 3.17. The van der Waals surface area contributed by atoms with Crippen molar-refractivity contribution >= 4 is 32.2 Å².